The Morgan fingerprint density at radius 2 is 2.00 bits per heavy atom. The SMILES string of the molecule is CNc1nc(-c2ccc(Cl)cc2Br)nc(C(C)C)c1I. The van der Waals surface area contributed by atoms with Gasteiger partial charge in [0.25, 0.3) is 0 Å². The van der Waals surface area contributed by atoms with Crippen LogP contribution in [0.1, 0.15) is 25.5 Å². The third kappa shape index (κ3) is 3.26. The Hall–Kier alpha value is -0.400. The van der Waals surface area contributed by atoms with Crippen molar-refractivity contribution in [3.8, 4) is 11.4 Å². The normalized spacial score (nSPS) is 10.9. The van der Waals surface area contributed by atoms with Crippen molar-refractivity contribution in [2.24, 2.45) is 0 Å². The van der Waals surface area contributed by atoms with Crippen molar-refractivity contribution in [2.45, 2.75) is 19.8 Å². The van der Waals surface area contributed by atoms with Crippen molar-refractivity contribution >= 4 is 55.9 Å². The second kappa shape index (κ2) is 6.58. The largest absolute Gasteiger partial charge is 0.372 e. The third-order valence-electron chi connectivity index (χ3n) is 2.83. The molecule has 0 spiro atoms. The molecule has 2 rings (SSSR count). The second-order valence-corrected chi connectivity index (χ2v) is 6.99. The van der Waals surface area contributed by atoms with Gasteiger partial charge in [-0.25, -0.2) is 9.97 Å². The molecular formula is C14H14BrClIN3. The fourth-order valence-corrected chi connectivity index (χ4v) is 3.80. The first-order chi connectivity index (χ1) is 9.43. The smallest absolute Gasteiger partial charge is 0.162 e. The summed E-state index contributed by atoms with van der Waals surface area (Å²) in [6.45, 7) is 4.26. The third-order valence-corrected chi connectivity index (χ3v) is 4.79. The van der Waals surface area contributed by atoms with Gasteiger partial charge in [-0.3, -0.25) is 0 Å². The molecule has 0 radical (unpaired) electrons. The van der Waals surface area contributed by atoms with E-state index in [9.17, 15) is 0 Å². The number of halogens is 3. The van der Waals surface area contributed by atoms with Crippen LogP contribution in [0.3, 0.4) is 0 Å². The zero-order valence-corrected chi connectivity index (χ0v) is 15.8. The molecule has 0 aliphatic heterocycles. The first-order valence-corrected chi connectivity index (χ1v) is 8.39. The number of nitrogens with zero attached hydrogens (tertiary/aromatic N) is 2. The predicted octanol–water partition coefficient (Wildman–Crippen LogP) is 5.33. The Kier molecular flexibility index (Phi) is 5.25. The van der Waals surface area contributed by atoms with Gasteiger partial charge in [-0.2, -0.15) is 0 Å². The fraction of sp³-hybridized carbons (Fsp3) is 0.286. The highest BCUT2D eigenvalue weighted by atomic mass is 127. The molecule has 106 valence electrons. The van der Waals surface area contributed by atoms with Crippen LogP contribution in [0.5, 0.6) is 0 Å². The molecule has 0 unspecified atom stereocenters. The highest BCUT2D eigenvalue weighted by molar-refractivity contribution is 14.1. The van der Waals surface area contributed by atoms with E-state index >= 15 is 0 Å². The van der Waals surface area contributed by atoms with Gasteiger partial charge in [0.05, 0.1) is 9.26 Å². The topological polar surface area (TPSA) is 37.8 Å². The van der Waals surface area contributed by atoms with Crippen LogP contribution in [0.15, 0.2) is 22.7 Å². The van der Waals surface area contributed by atoms with Crippen molar-refractivity contribution in [1.82, 2.24) is 9.97 Å². The maximum atomic E-state index is 5.99. The van der Waals surface area contributed by atoms with Gasteiger partial charge >= 0.3 is 0 Å². The molecule has 0 saturated carbocycles. The number of aromatic nitrogens is 2. The van der Waals surface area contributed by atoms with Crippen molar-refractivity contribution in [2.75, 3.05) is 12.4 Å². The summed E-state index contributed by atoms with van der Waals surface area (Å²) in [5.41, 5.74) is 1.98. The van der Waals surface area contributed by atoms with E-state index in [-0.39, 0.29) is 0 Å². The standard InChI is InChI=1S/C14H14BrClIN3/c1-7(2)12-11(17)14(18-3)20-13(19-12)9-5-4-8(16)6-10(9)15/h4-7H,1-3H3,(H,18,19,20). The lowest BCUT2D eigenvalue weighted by molar-refractivity contribution is 0.809. The molecule has 0 bridgehead atoms. The van der Waals surface area contributed by atoms with Crippen LogP contribution in [0.2, 0.25) is 5.02 Å². The van der Waals surface area contributed by atoms with Gasteiger partial charge in [0.1, 0.15) is 5.82 Å². The summed E-state index contributed by atoms with van der Waals surface area (Å²) >= 11 is 11.8. The van der Waals surface area contributed by atoms with Crippen LogP contribution < -0.4 is 5.32 Å². The summed E-state index contributed by atoms with van der Waals surface area (Å²) in [6, 6.07) is 5.63. The highest BCUT2D eigenvalue weighted by Crippen LogP contribution is 2.32. The zero-order valence-electron chi connectivity index (χ0n) is 11.3. The lowest BCUT2D eigenvalue weighted by Crippen LogP contribution is -2.06. The van der Waals surface area contributed by atoms with Crippen LogP contribution in [-0.4, -0.2) is 17.0 Å². The van der Waals surface area contributed by atoms with Crippen LogP contribution in [0.4, 0.5) is 5.82 Å². The number of anilines is 1. The molecule has 20 heavy (non-hydrogen) atoms. The molecule has 0 aliphatic rings. The number of nitrogens with one attached hydrogen (secondary N) is 1. The molecule has 3 nitrogen and oxygen atoms in total. The van der Waals surface area contributed by atoms with E-state index in [0.29, 0.717) is 16.8 Å². The monoisotopic (exact) mass is 465 g/mol. The van der Waals surface area contributed by atoms with Gasteiger partial charge in [-0.15, -0.1) is 0 Å². The summed E-state index contributed by atoms with van der Waals surface area (Å²) < 4.78 is 1.96. The molecule has 1 aromatic heterocycles. The molecule has 6 heteroatoms. The zero-order chi connectivity index (χ0) is 14.9. The van der Waals surface area contributed by atoms with E-state index in [1.54, 1.807) is 0 Å². The molecule has 0 atom stereocenters. The summed E-state index contributed by atoms with van der Waals surface area (Å²) in [4.78, 5) is 9.30. The first kappa shape index (κ1) is 16.0. The summed E-state index contributed by atoms with van der Waals surface area (Å²) in [5.74, 6) is 1.88. The number of benzene rings is 1. The minimum Gasteiger partial charge on any atom is -0.372 e. The van der Waals surface area contributed by atoms with E-state index in [0.717, 1.165) is 25.1 Å². The van der Waals surface area contributed by atoms with Crippen molar-refractivity contribution in [3.05, 3.63) is 37.0 Å². The van der Waals surface area contributed by atoms with Crippen LogP contribution in [0.25, 0.3) is 11.4 Å². The Morgan fingerprint density at radius 1 is 1.30 bits per heavy atom. The maximum Gasteiger partial charge on any atom is 0.162 e. The molecule has 0 aliphatic carbocycles. The van der Waals surface area contributed by atoms with Crippen LogP contribution in [-0.2, 0) is 0 Å². The highest BCUT2D eigenvalue weighted by Gasteiger charge is 2.16. The van der Waals surface area contributed by atoms with Crippen molar-refractivity contribution in [1.29, 1.82) is 0 Å². The maximum absolute atomic E-state index is 5.99. The quantitative estimate of drug-likeness (QED) is 0.622. The summed E-state index contributed by atoms with van der Waals surface area (Å²) in [6.07, 6.45) is 0. The van der Waals surface area contributed by atoms with E-state index < -0.39 is 0 Å². The van der Waals surface area contributed by atoms with Gasteiger partial charge < -0.3 is 5.32 Å². The minimum atomic E-state index is 0.335. The number of hydrogen-bond donors (Lipinski definition) is 1. The Labute approximate surface area is 145 Å². The van der Waals surface area contributed by atoms with Gasteiger partial charge in [0, 0.05) is 22.1 Å². The van der Waals surface area contributed by atoms with Gasteiger partial charge in [-0.05, 0) is 62.6 Å². The molecule has 1 N–H and O–H groups in total. The van der Waals surface area contributed by atoms with Crippen molar-refractivity contribution in [3.63, 3.8) is 0 Å². The summed E-state index contributed by atoms with van der Waals surface area (Å²) in [7, 11) is 1.87. The van der Waals surface area contributed by atoms with E-state index in [4.69, 9.17) is 16.6 Å². The second-order valence-electron chi connectivity index (χ2n) is 4.62. The predicted molar refractivity (Wildman–Crippen MR) is 96.5 cm³/mol. The molecule has 2 aromatic rings. The average Bonchev–Trinajstić information content (AvgIpc) is 2.39. The van der Waals surface area contributed by atoms with Gasteiger partial charge in [0.15, 0.2) is 5.82 Å². The Balaban J connectivity index is 2.65. The van der Waals surface area contributed by atoms with E-state index in [1.165, 1.54) is 0 Å². The van der Waals surface area contributed by atoms with Crippen molar-refractivity contribution < 1.29 is 0 Å². The summed E-state index contributed by atoms with van der Waals surface area (Å²) in [5, 5.41) is 3.82. The molecule has 0 amide bonds. The van der Waals surface area contributed by atoms with E-state index in [1.807, 2.05) is 25.2 Å². The lowest BCUT2D eigenvalue weighted by atomic mass is 10.1. The van der Waals surface area contributed by atoms with Crippen LogP contribution >= 0.6 is 50.1 Å². The fourth-order valence-electron chi connectivity index (χ4n) is 1.80. The van der Waals surface area contributed by atoms with E-state index in [2.05, 4.69) is 62.7 Å². The molecule has 1 aromatic carbocycles. The van der Waals surface area contributed by atoms with Crippen LogP contribution in [0, 0.1) is 3.57 Å². The Bertz CT molecular complexity index is 647. The van der Waals surface area contributed by atoms with Gasteiger partial charge in [0.2, 0.25) is 0 Å². The molecule has 0 fully saturated rings. The first-order valence-electron chi connectivity index (χ1n) is 6.14. The number of rotatable bonds is 3. The average molecular weight is 467 g/mol. The van der Waals surface area contributed by atoms with Gasteiger partial charge in [-0.1, -0.05) is 25.4 Å². The molecule has 1 heterocycles. The minimum absolute atomic E-state index is 0.335. The lowest BCUT2D eigenvalue weighted by Gasteiger charge is -2.14. The number of hydrogen-bond acceptors (Lipinski definition) is 3. The Morgan fingerprint density at radius 3 is 2.55 bits per heavy atom. The molecular weight excluding hydrogens is 452 g/mol. The molecule has 0 saturated heterocycles.